The van der Waals surface area contributed by atoms with Gasteiger partial charge in [-0.15, -0.1) is 0 Å². The lowest BCUT2D eigenvalue weighted by Gasteiger charge is -2.13. The molecule has 0 fully saturated rings. The van der Waals surface area contributed by atoms with Crippen molar-refractivity contribution < 1.29 is 24.0 Å². The molecule has 0 saturated heterocycles. The number of carbonyl (C=O) groups is 2. The fourth-order valence-electron chi connectivity index (χ4n) is 1.73. The van der Waals surface area contributed by atoms with E-state index in [1.807, 2.05) is 0 Å². The quantitative estimate of drug-likeness (QED) is 0.591. The molecule has 2 N–H and O–H groups in total. The smallest absolute Gasteiger partial charge is 0.303 e. The summed E-state index contributed by atoms with van der Waals surface area (Å²) in [5.74, 6) is -2.55. The van der Waals surface area contributed by atoms with Crippen LogP contribution in [-0.2, 0) is 4.79 Å². The SMILES string of the molecule is CC(CCCC(=O)O)NC(=O)c1cc([N+](=O)[O-])ccc1F. The van der Waals surface area contributed by atoms with Gasteiger partial charge in [-0.1, -0.05) is 0 Å². The molecule has 8 heteroatoms. The van der Waals surface area contributed by atoms with Gasteiger partial charge < -0.3 is 10.4 Å². The van der Waals surface area contributed by atoms with Gasteiger partial charge in [-0.25, -0.2) is 4.39 Å². The van der Waals surface area contributed by atoms with Gasteiger partial charge in [-0.3, -0.25) is 19.7 Å². The van der Waals surface area contributed by atoms with Crippen LogP contribution in [0.25, 0.3) is 0 Å². The largest absolute Gasteiger partial charge is 0.481 e. The molecular formula is C13H15FN2O5. The molecule has 1 aromatic rings. The van der Waals surface area contributed by atoms with Crippen molar-refractivity contribution in [3.8, 4) is 0 Å². The minimum absolute atomic E-state index is 0.0224. The van der Waals surface area contributed by atoms with Crippen LogP contribution >= 0.6 is 0 Å². The predicted molar refractivity (Wildman–Crippen MR) is 71.5 cm³/mol. The van der Waals surface area contributed by atoms with Crippen molar-refractivity contribution in [3.05, 3.63) is 39.7 Å². The summed E-state index contributed by atoms with van der Waals surface area (Å²) in [6.45, 7) is 1.65. The Hall–Kier alpha value is -2.51. The molecule has 21 heavy (non-hydrogen) atoms. The van der Waals surface area contributed by atoms with Crippen LogP contribution in [0.3, 0.4) is 0 Å². The molecule has 1 unspecified atom stereocenters. The average molecular weight is 298 g/mol. The summed E-state index contributed by atoms with van der Waals surface area (Å²) >= 11 is 0. The van der Waals surface area contributed by atoms with Gasteiger partial charge in [0, 0.05) is 24.6 Å². The third-order valence-electron chi connectivity index (χ3n) is 2.81. The van der Waals surface area contributed by atoms with Gasteiger partial charge in [0.15, 0.2) is 0 Å². The lowest BCUT2D eigenvalue weighted by Crippen LogP contribution is -2.33. The van der Waals surface area contributed by atoms with Crippen molar-refractivity contribution >= 4 is 17.6 Å². The number of carboxylic acids is 1. The van der Waals surface area contributed by atoms with Crippen LogP contribution in [0.1, 0.15) is 36.5 Å². The molecule has 0 bridgehead atoms. The molecule has 0 heterocycles. The molecule has 1 atom stereocenters. The number of carboxylic acid groups (broad SMARTS) is 1. The zero-order valence-electron chi connectivity index (χ0n) is 11.3. The average Bonchev–Trinajstić information content (AvgIpc) is 2.38. The Bertz CT molecular complexity index is 561. The fraction of sp³-hybridized carbons (Fsp3) is 0.385. The number of carbonyl (C=O) groups excluding carboxylic acids is 1. The van der Waals surface area contributed by atoms with Crippen molar-refractivity contribution in [2.45, 2.75) is 32.2 Å². The van der Waals surface area contributed by atoms with E-state index >= 15 is 0 Å². The lowest BCUT2D eigenvalue weighted by molar-refractivity contribution is -0.384. The standard InChI is InChI=1S/C13H15FN2O5/c1-8(3-2-4-12(17)18)15-13(19)10-7-9(16(20)21)5-6-11(10)14/h5-8H,2-4H2,1H3,(H,15,19)(H,17,18). The summed E-state index contributed by atoms with van der Waals surface area (Å²) in [5.41, 5.74) is -0.783. The maximum atomic E-state index is 13.5. The monoisotopic (exact) mass is 298 g/mol. The van der Waals surface area contributed by atoms with Crippen molar-refractivity contribution in [1.29, 1.82) is 0 Å². The Labute approximate surface area is 119 Å². The number of aliphatic carboxylic acids is 1. The van der Waals surface area contributed by atoms with Crippen molar-refractivity contribution in [1.82, 2.24) is 5.32 Å². The second-order valence-electron chi connectivity index (χ2n) is 4.58. The molecule has 7 nitrogen and oxygen atoms in total. The molecule has 1 aromatic carbocycles. The van der Waals surface area contributed by atoms with Crippen LogP contribution in [0.5, 0.6) is 0 Å². The maximum absolute atomic E-state index is 13.5. The van der Waals surface area contributed by atoms with E-state index in [2.05, 4.69) is 5.32 Å². The molecular weight excluding hydrogens is 283 g/mol. The Morgan fingerprint density at radius 3 is 2.71 bits per heavy atom. The third-order valence-corrected chi connectivity index (χ3v) is 2.81. The van der Waals surface area contributed by atoms with Gasteiger partial charge in [-0.05, 0) is 25.8 Å². The van der Waals surface area contributed by atoms with Crippen LogP contribution in [0.2, 0.25) is 0 Å². The van der Waals surface area contributed by atoms with E-state index < -0.39 is 28.2 Å². The summed E-state index contributed by atoms with van der Waals surface area (Å²) in [6, 6.07) is 2.34. The minimum Gasteiger partial charge on any atom is -0.481 e. The summed E-state index contributed by atoms with van der Waals surface area (Å²) in [6.07, 6.45) is 0.758. The molecule has 0 radical (unpaired) electrons. The van der Waals surface area contributed by atoms with Gasteiger partial charge in [0.1, 0.15) is 5.82 Å². The number of nitro groups is 1. The van der Waals surface area contributed by atoms with E-state index in [-0.39, 0.29) is 18.2 Å². The van der Waals surface area contributed by atoms with E-state index in [1.54, 1.807) is 6.92 Å². The minimum atomic E-state index is -0.932. The molecule has 0 aliphatic rings. The van der Waals surface area contributed by atoms with Gasteiger partial charge in [0.05, 0.1) is 10.5 Å². The first-order valence-corrected chi connectivity index (χ1v) is 6.28. The zero-order valence-corrected chi connectivity index (χ0v) is 11.3. The summed E-state index contributed by atoms with van der Waals surface area (Å²) in [7, 11) is 0. The highest BCUT2D eigenvalue weighted by molar-refractivity contribution is 5.95. The third kappa shape index (κ3) is 5.17. The van der Waals surface area contributed by atoms with Gasteiger partial charge in [0.2, 0.25) is 0 Å². The van der Waals surface area contributed by atoms with Crippen LogP contribution in [-0.4, -0.2) is 27.9 Å². The predicted octanol–water partition coefficient (Wildman–Crippen LogP) is 2.11. The molecule has 114 valence electrons. The Morgan fingerprint density at radius 2 is 2.14 bits per heavy atom. The Balaban J connectivity index is 2.68. The molecule has 0 aliphatic heterocycles. The Kier molecular flexibility index (Phi) is 5.77. The van der Waals surface area contributed by atoms with Crippen molar-refractivity contribution in [3.63, 3.8) is 0 Å². The van der Waals surface area contributed by atoms with E-state index in [0.717, 1.165) is 18.2 Å². The van der Waals surface area contributed by atoms with Gasteiger partial charge in [-0.2, -0.15) is 0 Å². The number of non-ortho nitro benzene ring substituents is 1. The molecule has 0 spiro atoms. The van der Waals surface area contributed by atoms with Crippen molar-refractivity contribution in [2.24, 2.45) is 0 Å². The zero-order chi connectivity index (χ0) is 16.0. The summed E-state index contributed by atoms with van der Waals surface area (Å²) in [5, 5.41) is 21.6. The van der Waals surface area contributed by atoms with E-state index in [4.69, 9.17) is 5.11 Å². The molecule has 0 saturated carbocycles. The number of nitro benzene ring substituents is 1. The Morgan fingerprint density at radius 1 is 1.48 bits per heavy atom. The topological polar surface area (TPSA) is 110 Å². The van der Waals surface area contributed by atoms with E-state index in [1.165, 1.54) is 0 Å². The molecule has 1 amide bonds. The number of amides is 1. The van der Waals surface area contributed by atoms with Gasteiger partial charge >= 0.3 is 5.97 Å². The van der Waals surface area contributed by atoms with Crippen LogP contribution in [0, 0.1) is 15.9 Å². The number of nitrogens with one attached hydrogen (secondary N) is 1. The fourth-order valence-corrected chi connectivity index (χ4v) is 1.73. The second-order valence-corrected chi connectivity index (χ2v) is 4.58. The maximum Gasteiger partial charge on any atom is 0.303 e. The first-order chi connectivity index (χ1) is 9.81. The lowest BCUT2D eigenvalue weighted by atomic mass is 10.1. The van der Waals surface area contributed by atoms with Gasteiger partial charge in [0.25, 0.3) is 11.6 Å². The summed E-state index contributed by atoms with van der Waals surface area (Å²) < 4.78 is 13.5. The first-order valence-electron chi connectivity index (χ1n) is 6.28. The van der Waals surface area contributed by atoms with E-state index in [0.29, 0.717) is 12.8 Å². The molecule has 0 aromatic heterocycles. The number of rotatable bonds is 7. The summed E-state index contributed by atoms with van der Waals surface area (Å²) in [4.78, 5) is 32.1. The second kappa shape index (κ2) is 7.32. The highest BCUT2D eigenvalue weighted by atomic mass is 19.1. The number of benzene rings is 1. The van der Waals surface area contributed by atoms with Crippen molar-refractivity contribution in [2.75, 3.05) is 0 Å². The normalized spacial score (nSPS) is 11.7. The number of hydrogen-bond donors (Lipinski definition) is 2. The van der Waals surface area contributed by atoms with Crippen LogP contribution in [0.4, 0.5) is 10.1 Å². The number of hydrogen-bond acceptors (Lipinski definition) is 4. The number of nitrogens with zero attached hydrogens (tertiary/aromatic N) is 1. The number of halogens is 1. The first kappa shape index (κ1) is 16.5. The van der Waals surface area contributed by atoms with Crippen LogP contribution < -0.4 is 5.32 Å². The highest BCUT2D eigenvalue weighted by Gasteiger charge is 2.18. The molecule has 1 rings (SSSR count). The van der Waals surface area contributed by atoms with Crippen LogP contribution in [0.15, 0.2) is 18.2 Å². The van der Waals surface area contributed by atoms with E-state index in [9.17, 15) is 24.1 Å². The highest BCUT2D eigenvalue weighted by Crippen LogP contribution is 2.17. The molecule has 0 aliphatic carbocycles.